The zero-order valence-electron chi connectivity index (χ0n) is 17.2. The van der Waals surface area contributed by atoms with Crippen molar-refractivity contribution in [2.75, 3.05) is 18.2 Å². The highest BCUT2D eigenvalue weighted by atomic mass is 32.2. The van der Waals surface area contributed by atoms with Crippen LogP contribution < -0.4 is 10.1 Å². The van der Waals surface area contributed by atoms with Crippen LogP contribution >= 0.6 is 11.8 Å². The molecule has 0 fully saturated rings. The van der Waals surface area contributed by atoms with Crippen LogP contribution in [0.1, 0.15) is 11.3 Å². The number of benzene rings is 2. The Kier molecular flexibility index (Phi) is 6.37. The molecule has 2 aromatic heterocycles. The summed E-state index contributed by atoms with van der Waals surface area (Å²) in [5, 5.41) is 12.3. The third-order valence-electron chi connectivity index (χ3n) is 4.60. The first-order valence-corrected chi connectivity index (χ1v) is 10.7. The fraction of sp³-hybridized carbons (Fsp3) is 0.174. The van der Waals surface area contributed by atoms with E-state index in [2.05, 4.69) is 15.5 Å². The van der Waals surface area contributed by atoms with E-state index in [0.717, 1.165) is 22.7 Å². The molecule has 0 saturated carbocycles. The summed E-state index contributed by atoms with van der Waals surface area (Å²) in [5.41, 5.74) is 2.63. The van der Waals surface area contributed by atoms with E-state index in [4.69, 9.17) is 9.15 Å². The van der Waals surface area contributed by atoms with E-state index in [-0.39, 0.29) is 11.7 Å². The number of aryl methyl sites for hydroxylation is 1. The fourth-order valence-electron chi connectivity index (χ4n) is 3.13. The van der Waals surface area contributed by atoms with Gasteiger partial charge in [0.2, 0.25) is 5.91 Å². The van der Waals surface area contributed by atoms with E-state index < -0.39 is 0 Å². The number of nitrogens with zero attached hydrogens (tertiary/aromatic N) is 3. The van der Waals surface area contributed by atoms with E-state index >= 15 is 0 Å². The van der Waals surface area contributed by atoms with Crippen molar-refractivity contribution in [3.05, 3.63) is 78.3 Å². The molecule has 2 aromatic carbocycles. The predicted molar refractivity (Wildman–Crippen MR) is 120 cm³/mol. The first-order chi connectivity index (χ1) is 15.1. The molecule has 2 heterocycles. The number of thioether (sulfide) groups is 1. The van der Waals surface area contributed by atoms with Crippen molar-refractivity contribution in [3.8, 4) is 17.1 Å². The van der Waals surface area contributed by atoms with Crippen molar-refractivity contribution in [2.24, 2.45) is 0 Å². The number of amides is 1. The Morgan fingerprint density at radius 1 is 1.13 bits per heavy atom. The SMILES string of the molecule is COc1ccc(C)cc1NC(=O)CSc1nnc(-c2ccccc2)n1Cc1ccco1. The maximum Gasteiger partial charge on any atom is 0.234 e. The van der Waals surface area contributed by atoms with Crippen LogP contribution in [0.3, 0.4) is 0 Å². The molecule has 0 bridgehead atoms. The molecular weight excluding hydrogens is 412 g/mol. The second-order valence-electron chi connectivity index (χ2n) is 6.88. The number of nitrogens with one attached hydrogen (secondary N) is 1. The maximum atomic E-state index is 12.6. The van der Waals surface area contributed by atoms with Gasteiger partial charge in [0.25, 0.3) is 0 Å². The summed E-state index contributed by atoms with van der Waals surface area (Å²) in [6, 6.07) is 19.2. The molecule has 0 aliphatic carbocycles. The molecule has 0 atom stereocenters. The third kappa shape index (κ3) is 4.97. The second kappa shape index (κ2) is 9.53. The topological polar surface area (TPSA) is 82.2 Å². The van der Waals surface area contributed by atoms with Gasteiger partial charge in [-0.15, -0.1) is 10.2 Å². The first kappa shape index (κ1) is 20.7. The molecule has 0 spiro atoms. The number of anilines is 1. The molecule has 31 heavy (non-hydrogen) atoms. The second-order valence-corrected chi connectivity index (χ2v) is 7.82. The molecule has 8 heteroatoms. The Bertz CT molecular complexity index is 1160. The smallest absolute Gasteiger partial charge is 0.234 e. The normalized spacial score (nSPS) is 10.8. The number of rotatable bonds is 8. The van der Waals surface area contributed by atoms with Crippen LogP contribution in [-0.4, -0.2) is 33.5 Å². The number of methoxy groups -OCH3 is 1. The average Bonchev–Trinajstić information content (AvgIpc) is 3.43. The number of carbonyl (C=O) groups excluding carboxylic acids is 1. The zero-order valence-corrected chi connectivity index (χ0v) is 18.1. The fourth-order valence-corrected chi connectivity index (χ4v) is 3.87. The van der Waals surface area contributed by atoms with Gasteiger partial charge >= 0.3 is 0 Å². The quantitative estimate of drug-likeness (QED) is 0.407. The number of carbonyl (C=O) groups is 1. The summed E-state index contributed by atoms with van der Waals surface area (Å²) in [4.78, 5) is 12.6. The minimum Gasteiger partial charge on any atom is -0.495 e. The van der Waals surface area contributed by atoms with Gasteiger partial charge in [0.15, 0.2) is 11.0 Å². The molecule has 1 amide bonds. The van der Waals surface area contributed by atoms with Gasteiger partial charge in [0.05, 0.1) is 31.4 Å². The van der Waals surface area contributed by atoms with Crippen LogP contribution in [0.2, 0.25) is 0 Å². The number of aromatic nitrogens is 3. The molecule has 0 unspecified atom stereocenters. The first-order valence-electron chi connectivity index (χ1n) is 9.72. The molecule has 158 valence electrons. The third-order valence-corrected chi connectivity index (χ3v) is 5.57. The maximum absolute atomic E-state index is 12.6. The van der Waals surface area contributed by atoms with Crippen molar-refractivity contribution in [2.45, 2.75) is 18.6 Å². The summed E-state index contributed by atoms with van der Waals surface area (Å²) in [6.45, 7) is 2.44. The monoisotopic (exact) mass is 434 g/mol. The van der Waals surface area contributed by atoms with Crippen molar-refractivity contribution in [3.63, 3.8) is 0 Å². The van der Waals surface area contributed by atoms with Crippen LogP contribution in [0.15, 0.2) is 76.5 Å². The number of furan rings is 1. The van der Waals surface area contributed by atoms with Crippen LogP contribution in [-0.2, 0) is 11.3 Å². The van der Waals surface area contributed by atoms with Gasteiger partial charge in [0.1, 0.15) is 11.5 Å². The molecule has 0 saturated heterocycles. The van der Waals surface area contributed by atoms with Crippen LogP contribution in [0, 0.1) is 6.92 Å². The Morgan fingerprint density at radius 2 is 1.97 bits per heavy atom. The van der Waals surface area contributed by atoms with Crippen LogP contribution in [0.5, 0.6) is 5.75 Å². The van der Waals surface area contributed by atoms with E-state index in [1.54, 1.807) is 13.4 Å². The lowest BCUT2D eigenvalue weighted by Gasteiger charge is -2.11. The van der Waals surface area contributed by atoms with E-state index in [0.29, 0.717) is 23.1 Å². The largest absolute Gasteiger partial charge is 0.495 e. The van der Waals surface area contributed by atoms with Gasteiger partial charge in [-0.1, -0.05) is 48.2 Å². The molecule has 0 radical (unpaired) electrons. The van der Waals surface area contributed by atoms with Gasteiger partial charge in [-0.25, -0.2) is 0 Å². The van der Waals surface area contributed by atoms with Gasteiger partial charge < -0.3 is 14.5 Å². The van der Waals surface area contributed by atoms with Crippen molar-refractivity contribution >= 4 is 23.4 Å². The molecule has 7 nitrogen and oxygen atoms in total. The number of ether oxygens (including phenoxy) is 1. The Balaban J connectivity index is 1.52. The molecule has 0 aliphatic heterocycles. The highest BCUT2D eigenvalue weighted by molar-refractivity contribution is 7.99. The van der Waals surface area contributed by atoms with Crippen molar-refractivity contribution in [1.82, 2.24) is 14.8 Å². The summed E-state index contributed by atoms with van der Waals surface area (Å²) in [5.74, 6) is 2.16. The molecule has 1 N–H and O–H groups in total. The minimum atomic E-state index is -0.150. The van der Waals surface area contributed by atoms with Gasteiger partial charge in [-0.05, 0) is 36.8 Å². The van der Waals surface area contributed by atoms with Crippen molar-refractivity contribution in [1.29, 1.82) is 0 Å². The molecular formula is C23H22N4O3S. The van der Waals surface area contributed by atoms with E-state index in [9.17, 15) is 4.79 Å². The number of hydrogen-bond acceptors (Lipinski definition) is 6. The number of hydrogen-bond donors (Lipinski definition) is 1. The summed E-state index contributed by atoms with van der Waals surface area (Å²) < 4.78 is 12.8. The lowest BCUT2D eigenvalue weighted by Crippen LogP contribution is -2.15. The van der Waals surface area contributed by atoms with E-state index in [1.807, 2.05) is 72.2 Å². The Morgan fingerprint density at radius 3 is 2.71 bits per heavy atom. The summed E-state index contributed by atoms with van der Waals surface area (Å²) in [6.07, 6.45) is 1.64. The van der Waals surface area contributed by atoms with Gasteiger partial charge in [-0.3, -0.25) is 9.36 Å². The predicted octanol–water partition coefficient (Wildman–Crippen LogP) is 4.63. The summed E-state index contributed by atoms with van der Waals surface area (Å²) >= 11 is 1.32. The lowest BCUT2D eigenvalue weighted by molar-refractivity contribution is -0.113. The van der Waals surface area contributed by atoms with Crippen LogP contribution in [0.4, 0.5) is 5.69 Å². The molecule has 4 aromatic rings. The summed E-state index contributed by atoms with van der Waals surface area (Å²) in [7, 11) is 1.58. The average molecular weight is 435 g/mol. The Hall–Kier alpha value is -3.52. The Labute approximate surface area is 184 Å². The van der Waals surface area contributed by atoms with Crippen molar-refractivity contribution < 1.29 is 13.9 Å². The van der Waals surface area contributed by atoms with Gasteiger partial charge in [0, 0.05) is 5.56 Å². The molecule has 4 rings (SSSR count). The zero-order chi connectivity index (χ0) is 21.6. The van der Waals surface area contributed by atoms with E-state index in [1.165, 1.54) is 11.8 Å². The highest BCUT2D eigenvalue weighted by Crippen LogP contribution is 2.27. The van der Waals surface area contributed by atoms with Crippen LogP contribution in [0.25, 0.3) is 11.4 Å². The molecule has 0 aliphatic rings. The minimum absolute atomic E-state index is 0.150. The lowest BCUT2D eigenvalue weighted by atomic mass is 10.2. The standard InChI is InChI=1S/C23H22N4O3S/c1-16-10-11-20(29-2)19(13-16)24-21(28)15-31-23-26-25-22(17-7-4-3-5-8-17)27(23)14-18-9-6-12-30-18/h3-13H,14-15H2,1-2H3,(H,24,28). The van der Waals surface area contributed by atoms with Gasteiger partial charge in [-0.2, -0.15) is 0 Å². The highest BCUT2D eigenvalue weighted by Gasteiger charge is 2.17.